The Labute approximate surface area is 197 Å². The number of halogens is 1. The summed E-state index contributed by atoms with van der Waals surface area (Å²) >= 11 is 5.90. The van der Waals surface area contributed by atoms with E-state index in [4.69, 9.17) is 11.6 Å². The molecular formula is C25H24ClN5O2. The van der Waals surface area contributed by atoms with Crippen molar-refractivity contribution in [3.63, 3.8) is 0 Å². The number of anilines is 1. The molecule has 8 heteroatoms. The lowest BCUT2D eigenvalue weighted by molar-refractivity contribution is -0.117. The van der Waals surface area contributed by atoms with E-state index in [1.54, 1.807) is 37.5 Å². The highest BCUT2D eigenvalue weighted by Gasteiger charge is 2.20. The molecular weight excluding hydrogens is 438 g/mol. The third-order valence-corrected chi connectivity index (χ3v) is 5.60. The van der Waals surface area contributed by atoms with Gasteiger partial charge in [-0.15, -0.1) is 0 Å². The lowest BCUT2D eigenvalue weighted by Crippen LogP contribution is -2.28. The highest BCUT2D eigenvalue weighted by Crippen LogP contribution is 2.22. The van der Waals surface area contributed by atoms with E-state index in [0.717, 1.165) is 10.9 Å². The Bertz CT molecular complexity index is 1320. The van der Waals surface area contributed by atoms with Gasteiger partial charge in [-0.25, -0.2) is 15.0 Å². The first-order chi connectivity index (χ1) is 15.6. The normalized spacial score (nSPS) is 11.5. The first-order valence-corrected chi connectivity index (χ1v) is 10.9. The lowest BCUT2D eigenvalue weighted by atomic mass is 10.1. The van der Waals surface area contributed by atoms with Crippen LogP contribution in [0.2, 0.25) is 5.02 Å². The number of aromatic nitrogens is 4. The Morgan fingerprint density at radius 2 is 1.73 bits per heavy atom. The molecule has 4 rings (SSSR count). The molecule has 0 atom stereocenters. The van der Waals surface area contributed by atoms with Gasteiger partial charge in [0, 0.05) is 47.1 Å². The second kappa shape index (κ2) is 8.75. The summed E-state index contributed by atoms with van der Waals surface area (Å²) in [6.07, 6.45) is 5.26. The van der Waals surface area contributed by atoms with E-state index < -0.39 is 0 Å². The Morgan fingerprint density at radius 1 is 1.00 bits per heavy atom. The maximum atomic E-state index is 13.0. The molecule has 0 aliphatic carbocycles. The van der Waals surface area contributed by atoms with Gasteiger partial charge in [-0.05, 0) is 56.7 Å². The van der Waals surface area contributed by atoms with Crippen molar-refractivity contribution in [2.75, 3.05) is 11.9 Å². The average Bonchev–Trinajstić information content (AvgIpc) is 3.23. The van der Waals surface area contributed by atoms with Crippen molar-refractivity contribution >= 4 is 40.1 Å². The van der Waals surface area contributed by atoms with Crippen LogP contribution in [0.25, 0.3) is 11.0 Å². The van der Waals surface area contributed by atoms with Gasteiger partial charge in [0.05, 0.1) is 6.42 Å². The minimum absolute atomic E-state index is 0.105. The van der Waals surface area contributed by atoms with Crippen molar-refractivity contribution in [2.24, 2.45) is 0 Å². The Morgan fingerprint density at radius 3 is 2.36 bits per heavy atom. The van der Waals surface area contributed by atoms with Crippen LogP contribution in [-0.2, 0) is 16.8 Å². The van der Waals surface area contributed by atoms with Crippen molar-refractivity contribution < 1.29 is 9.59 Å². The third-order valence-electron chi connectivity index (χ3n) is 5.35. The molecule has 3 aromatic heterocycles. The number of likely N-dealkylation sites (N-methyl/N-ethyl adjacent to an activating group) is 1. The molecule has 0 unspecified atom stereocenters. The van der Waals surface area contributed by atoms with Crippen LogP contribution in [-0.4, -0.2) is 38.3 Å². The van der Waals surface area contributed by atoms with Crippen molar-refractivity contribution in [1.82, 2.24) is 19.5 Å². The summed E-state index contributed by atoms with van der Waals surface area (Å²) in [5.41, 5.74) is 1.74. The van der Waals surface area contributed by atoms with E-state index >= 15 is 0 Å². The molecule has 1 aromatic carbocycles. The number of rotatable bonds is 5. The molecule has 0 aliphatic heterocycles. The van der Waals surface area contributed by atoms with Gasteiger partial charge < -0.3 is 4.57 Å². The molecule has 33 heavy (non-hydrogen) atoms. The van der Waals surface area contributed by atoms with Crippen molar-refractivity contribution in [1.29, 1.82) is 0 Å². The second-order valence-corrected chi connectivity index (χ2v) is 9.26. The zero-order valence-electron chi connectivity index (χ0n) is 18.9. The standard InChI is InChI=1S/C25H24ClN5O2/c1-25(2,3)31-12-11-18-15-28-23(29-24(18)31)22(33)17-7-10-20(27-14-17)30(4)21(32)13-16-5-8-19(26)9-6-16/h5-12,14-15H,13H2,1-4H3. The van der Waals surface area contributed by atoms with Crippen LogP contribution in [0.5, 0.6) is 0 Å². The summed E-state index contributed by atoms with van der Waals surface area (Å²) in [6, 6.07) is 12.3. The van der Waals surface area contributed by atoms with Gasteiger partial charge in [-0.3, -0.25) is 14.5 Å². The fourth-order valence-electron chi connectivity index (χ4n) is 3.44. The molecule has 1 amide bonds. The number of nitrogens with zero attached hydrogens (tertiary/aromatic N) is 5. The molecule has 7 nitrogen and oxygen atoms in total. The smallest absolute Gasteiger partial charge is 0.232 e. The maximum Gasteiger partial charge on any atom is 0.232 e. The van der Waals surface area contributed by atoms with Gasteiger partial charge in [-0.2, -0.15) is 0 Å². The number of ketones is 1. The number of hydrogen-bond acceptors (Lipinski definition) is 5. The third kappa shape index (κ3) is 4.78. The predicted octanol–water partition coefficient (Wildman–Crippen LogP) is 4.67. The number of fused-ring (bicyclic) bond motifs is 1. The molecule has 0 spiro atoms. The molecule has 0 bridgehead atoms. The monoisotopic (exact) mass is 461 g/mol. The largest absolute Gasteiger partial charge is 0.327 e. The minimum atomic E-state index is -0.326. The number of hydrogen-bond donors (Lipinski definition) is 0. The Hall–Kier alpha value is -3.58. The number of pyridine rings is 1. The van der Waals surface area contributed by atoms with E-state index in [1.807, 2.05) is 29.0 Å². The SMILES string of the molecule is CN(C(=O)Cc1ccc(Cl)cc1)c1ccc(C(=O)c2ncc3ccn(C(C)(C)C)c3n2)cn1. The molecule has 0 radical (unpaired) electrons. The second-order valence-electron chi connectivity index (χ2n) is 8.82. The topological polar surface area (TPSA) is 81.0 Å². The lowest BCUT2D eigenvalue weighted by Gasteiger charge is -2.21. The molecule has 0 fully saturated rings. The summed E-state index contributed by atoms with van der Waals surface area (Å²) in [4.78, 5) is 40.1. The molecule has 0 saturated carbocycles. The molecule has 3 heterocycles. The van der Waals surface area contributed by atoms with E-state index in [0.29, 0.717) is 22.1 Å². The Balaban J connectivity index is 1.52. The first kappa shape index (κ1) is 22.6. The molecule has 0 saturated heterocycles. The van der Waals surface area contributed by atoms with E-state index in [-0.39, 0.29) is 29.5 Å². The van der Waals surface area contributed by atoms with Crippen molar-refractivity contribution in [2.45, 2.75) is 32.7 Å². The van der Waals surface area contributed by atoms with Crippen molar-refractivity contribution in [3.8, 4) is 0 Å². The van der Waals surface area contributed by atoms with E-state index in [9.17, 15) is 9.59 Å². The summed E-state index contributed by atoms with van der Waals surface area (Å²) in [5, 5.41) is 1.49. The van der Waals surface area contributed by atoms with Gasteiger partial charge in [0.15, 0.2) is 0 Å². The molecule has 168 valence electrons. The first-order valence-electron chi connectivity index (χ1n) is 10.5. The van der Waals surface area contributed by atoms with Crippen LogP contribution in [0, 0.1) is 0 Å². The number of carbonyl (C=O) groups excluding carboxylic acids is 2. The highest BCUT2D eigenvalue weighted by atomic mass is 35.5. The van der Waals surface area contributed by atoms with Gasteiger partial charge in [0.1, 0.15) is 11.5 Å². The molecule has 0 aliphatic rings. The number of carbonyl (C=O) groups is 2. The van der Waals surface area contributed by atoms with Crippen LogP contribution >= 0.6 is 11.6 Å². The van der Waals surface area contributed by atoms with Crippen LogP contribution in [0.15, 0.2) is 61.1 Å². The zero-order valence-corrected chi connectivity index (χ0v) is 19.7. The van der Waals surface area contributed by atoms with Gasteiger partial charge in [0.25, 0.3) is 0 Å². The maximum absolute atomic E-state index is 13.0. The zero-order chi connectivity index (χ0) is 23.8. The minimum Gasteiger partial charge on any atom is -0.327 e. The summed E-state index contributed by atoms with van der Waals surface area (Å²) in [5.74, 6) is 0.102. The van der Waals surface area contributed by atoms with Crippen LogP contribution < -0.4 is 4.90 Å². The highest BCUT2D eigenvalue weighted by molar-refractivity contribution is 6.30. The Kier molecular flexibility index (Phi) is 5.99. The number of benzene rings is 1. The molecule has 4 aromatic rings. The molecule has 0 N–H and O–H groups in total. The number of amides is 1. The summed E-state index contributed by atoms with van der Waals surface area (Å²) < 4.78 is 2.02. The fourth-order valence-corrected chi connectivity index (χ4v) is 3.57. The quantitative estimate of drug-likeness (QED) is 0.403. The summed E-state index contributed by atoms with van der Waals surface area (Å²) in [7, 11) is 1.65. The average molecular weight is 462 g/mol. The van der Waals surface area contributed by atoms with Gasteiger partial charge in [-0.1, -0.05) is 23.7 Å². The van der Waals surface area contributed by atoms with Gasteiger partial charge >= 0.3 is 0 Å². The predicted molar refractivity (Wildman–Crippen MR) is 129 cm³/mol. The van der Waals surface area contributed by atoms with Gasteiger partial charge in [0.2, 0.25) is 17.5 Å². The summed E-state index contributed by atoms with van der Waals surface area (Å²) in [6.45, 7) is 6.22. The van der Waals surface area contributed by atoms with Crippen molar-refractivity contribution in [3.05, 3.63) is 83.0 Å². The fraction of sp³-hybridized carbons (Fsp3) is 0.240. The van der Waals surface area contributed by atoms with Crippen LogP contribution in [0.3, 0.4) is 0 Å². The van der Waals surface area contributed by atoms with E-state index in [2.05, 4.69) is 35.7 Å². The van der Waals surface area contributed by atoms with Crippen LogP contribution in [0.1, 0.15) is 42.5 Å². The van der Waals surface area contributed by atoms with E-state index in [1.165, 1.54) is 11.1 Å². The van der Waals surface area contributed by atoms with Crippen LogP contribution in [0.4, 0.5) is 5.82 Å².